The van der Waals surface area contributed by atoms with Crippen LogP contribution in [-0.2, 0) is 37.3 Å². The molecule has 52 heavy (non-hydrogen) atoms. The fraction of sp³-hybridized carbons (Fsp3) is 0.234. The van der Waals surface area contributed by atoms with E-state index in [-0.39, 0.29) is 37.3 Å². The molecule has 0 amide bonds. The van der Waals surface area contributed by atoms with Crippen molar-refractivity contribution in [1.29, 1.82) is 0 Å². The smallest absolute Gasteiger partial charge is 0.225 e. The summed E-state index contributed by atoms with van der Waals surface area (Å²) in [6, 6.07) is 50.1. The number of hydrogen-bond acceptors (Lipinski definition) is 1. The van der Waals surface area contributed by atoms with Crippen LogP contribution in [0.15, 0.2) is 121 Å². The minimum absolute atomic E-state index is 0. The Balaban J connectivity index is 0.00000387. The van der Waals surface area contributed by atoms with Gasteiger partial charge in [0.1, 0.15) is 5.82 Å². The molecule has 4 heterocycles. The van der Waals surface area contributed by atoms with Gasteiger partial charge in [0.25, 0.3) is 0 Å². The Morgan fingerprint density at radius 2 is 1.25 bits per heavy atom. The summed E-state index contributed by atoms with van der Waals surface area (Å²) in [5.41, 5.74) is 11.8. The summed E-state index contributed by atoms with van der Waals surface area (Å²) in [5, 5.41) is 2.39. The number of hydrogen-bond donors (Lipinski definition) is 0. The maximum atomic E-state index is 4.90. The van der Waals surface area contributed by atoms with Gasteiger partial charge in [-0.1, -0.05) is 103 Å². The van der Waals surface area contributed by atoms with Crippen molar-refractivity contribution >= 4 is 44.6 Å². The van der Waals surface area contributed by atoms with Gasteiger partial charge in [0.05, 0.1) is 0 Å². The van der Waals surface area contributed by atoms with Crippen LogP contribution in [0.5, 0.6) is 0 Å². The molecule has 0 radical (unpaired) electrons. The molecule has 1 fully saturated rings. The second-order valence-corrected chi connectivity index (χ2v) is 17.0. The van der Waals surface area contributed by atoms with Crippen molar-refractivity contribution in [2.45, 2.75) is 71.6 Å². The van der Waals surface area contributed by atoms with Gasteiger partial charge in [-0.2, -0.15) is 40.5 Å². The summed E-state index contributed by atoms with van der Waals surface area (Å²) in [6.07, 6.45) is 1.94. The van der Waals surface area contributed by atoms with Gasteiger partial charge in [-0.05, 0) is 51.0 Å². The third kappa shape index (κ3) is 4.81. The van der Waals surface area contributed by atoms with E-state index < -0.39 is 0 Å². The zero-order valence-corrected chi connectivity index (χ0v) is 33.5. The van der Waals surface area contributed by atoms with E-state index in [1.807, 2.05) is 6.20 Å². The second-order valence-electron chi connectivity index (χ2n) is 17.0. The van der Waals surface area contributed by atoms with E-state index in [4.69, 9.17) is 4.98 Å². The van der Waals surface area contributed by atoms with Crippen molar-refractivity contribution < 1.29 is 21.1 Å². The van der Waals surface area contributed by atoms with Gasteiger partial charge in [0, 0.05) is 62.7 Å². The van der Waals surface area contributed by atoms with Crippen LogP contribution in [0.1, 0.15) is 77.6 Å². The van der Waals surface area contributed by atoms with Gasteiger partial charge in [0.15, 0.2) is 12.4 Å². The average Bonchev–Trinajstić information content (AvgIpc) is 3.61. The van der Waals surface area contributed by atoms with Crippen LogP contribution in [-0.4, -0.2) is 9.55 Å². The Morgan fingerprint density at radius 3 is 2.00 bits per heavy atom. The van der Waals surface area contributed by atoms with Crippen molar-refractivity contribution in [3.63, 3.8) is 0 Å². The first kappa shape index (κ1) is 34.7. The van der Waals surface area contributed by atoms with E-state index in [0.717, 1.165) is 33.7 Å². The molecule has 1 unspecified atom stereocenters. The first-order valence-corrected chi connectivity index (χ1v) is 18.1. The summed E-state index contributed by atoms with van der Waals surface area (Å²) >= 11 is 0. The molecule has 264 valence electrons. The number of benzene rings is 5. The summed E-state index contributed by atoms with van der Waals surface area (Å²) in [7, 11) is 0. The third-order valence-corrected chi connectivity index (χ3v) is 11.4. The number of pyridine rings is 1. The Labute approximate surface area is 322 Å². The van der Waals surface area contributed by atoms with Crippen LogP contribution in [0.2, 0.25) is 0 Å². The Bertz CT molecular complexity index is 2530. The average molecular weight is 861 g/mol. The third-order valence-electron chi connectivity index (χ3n) is 11.4. The van der Waals surface area contributed by atoms with E-state index in [1.165, 1.54) is 39.0 Å². The van der Waals surface area contributed by atoms with Gasteiger partial charge in [-0.15, -0.1) is 23.1 Å². The van der Waals surface area contributed by atoms with E-state index in [1.54, 1.807) is 0 Å². The van der Waals surface area contributed by atoms with E-state index in [0.29, 0.717) is 9.18 Å². The first-order valence-electron chi connectivity index (χ1n) is 18.1. The van der Waals surface area contributed by atoms with Gasteiger partial charge in [0.2, 0.25) is 11.4 Å². The van der Waals surface area contributed by atoms with Crippen LogP contribution in [0, 0.1) is 18.8 Å². The van der Waals surface area contributed by atoms with E-state index in [2.05, 4.69) is 194 Å². The zero-order chi connectivity index (χ0) is 35.6. The summed E-state index contributed by atoms with van der Waals surface area (Å²) < 4.78 is 3.61. The molecule has 5 aromatic carbocycles. The first-order chi connectivity index (χ1) is 24.3. The molecule has 4 nitrogen and oxygen atoms in total. The van der Waals surface area contributed by atoms with E-state index >= 15 is 0 Å². The Morgan fingerprint density at radius 1 is 0.596 bits per heavy atom. The molecule has 2 aromatic heterocycles. The van der Waals surface area contributed by atoms with Gasteiger partial charge >= 0.3 is 0 Å². The SMILES string of the molecule is CC(C)(C)c1cccc([N@+]23[CH-][N+]2(c2[c-]c(C(C)(C)c4[c-]c5c(cc4)c4ccccc4n5-c4cc(C(C)(C)C)ccn4)ccc2)c2ccccc23)c1.[Pt]. The zero-order valence-electron chi connectivity index (χ0n) is 31.2. The summed E-state index contributed by atoms with van der Waals surface area (Å²) in [4.78, 5) is 4.90. The molecule has 0 spiro atoms. The van der Waals surface area contributed by atoms with Gasteiger partial charge in [-0.3, -0.25) is 0 Å². The number of para-hydroxylation sites is 3. The van der Waals surface area contributed by atoms with Gasteiger partial charge < -0.3 is 4.57 Å². The number of rotatable bonds is 5. The maximum absolute atomic E-state index is 4.90. The Hall–Kier alpha value is -4.34. The molecule has 0 aliphatic carbocycles. The maximum Gasteiger partial charge on any atom is 0.225 e. The quantitative estimate of drug-likeness (QED) is 0.0958. The standard InChI is InChI=1S/C47H45N4.Pt/c1-45(2,3)32-15-13-17-36(27-32)50-31-51(50,43-22-12-11-21-42(43)50)37-18-14-16-34(28-37)47(7,8)35-23-24-39-38-19-9-10-20-40(38)49(41(39)29-35)44-30-33(25-26-48-44)46(4,5)6;/h9-27,30-31H,1-8H3;/q-1;/t50-,51?;/m0./s1. The minimum Gasteiger partial charge on any atom is -0.319 e. The normalized spacial score (nSPS) is 19.5. The number of aromatic nitrogens is 2. The molecule has 0 bridgehead atoms. The minimum atomic E-state index is -0.368. The molecule has 2 atom stereocenters. The van der Waals surface area contributed by atoms with E-state index in [9.17, 15) is 0 Å². The van der Waals surface area contributed by atoms with Crippen LogP contribution >= 0.6 is 0 Å². The molecule has 2 aliphatic rings. The summed E-state index contributed by atoms with van der Waals surface area (Å²) in [5.74, 6) is 0.919. The molecule has 0 saturated carbocycles. The van der Waals surface area contributed by atoms with Crippen LogP contribution in [0.4, 0.5) is 22.7 Å². The monoisotopic (exact) mass is 860 g/mol. The van der Waals surface area contributed by atoms with Crippen LogP contribution in [0.25, 0.3) is 27.6 Å². The topological polar surface area (TPSA) is 17.8 Å². The fourth-order valence-corrected chi connectivity index (χ4v) is 8.28. The molecule has 5 heteroatoms. The van der Waals surface area contributed by atoms with Crippen molar-refractivity contribution in [3.8, 4) is 5.82 Å². The van der Waals surface area contributed by atoms with Crippen LogP contribution < -0.4 is 9.18 Å². The molecule has 7 aromatic rings. The largest absolute Gasteiger partial charge is 0.319 e. The van der Waals surface area contributed by atoms with Gasteiger partial charge in [-0.25, -0.2) is 9.58 Å². The fourth-order valence-electron chi connectivity index (χ4n) is 8.28. The molecular weight excluding hydrogens is 816 g/mol. The number of quaternary nitrogens is 2. The predicted octanol–water partition coefficient (Wildman–Crippen LogP) is 12.0. The predicted molar refractivity (Wildman–Crippen MR) is 212 cm³/mol. The van der Waals surface area contributed by atoms with Crippen LogP contribution in [0.3, 0.4) is 0 Å². The molecule has 2 aliphatic heterocycles. The number of fused-ring (bicyclic) bond motifs is 7. The number of nitrogens with zero attached hydrogens (tertiary/aromatic N) is 4. The van der Waals surface area contributed by atoms with Crippen molar-refractivity contribution in [2.75, 3.05) is 0 Å². The van der Waals surface area contributed by atoms with Crippen molar-refractivity contribution in [2.24, 2.45) is 0 Å². The Kier molecular flexibility index (Phi) is 7.73. The second kappa shape index (κ2) is 11.6. The molecule has 1 saturated heterocycles. The molecule has 0 N–H and O–H groups in total. The molecule has 9 rings (SSSR count). The van der Waals surface area contributed by atoms with Crippen molar-refractivity contribution in [3.05, 3.63) is 163 Å². The van der Waals surface area contributed by atoms with Crippen molar-refractivity contribution in [1.82, 2.24) is 18.7 Å². The summed E-state index contributed by atoms with van der Waals surface area (Å²) in [6.45, 7) is 20.7. The molecular formula is C47H45N4Pt-.